The molecule has 0 saturated heterocycles. The maximum absolute atomic E-state index is 14.6. The minimum Gasteiger partial charge on any atom is -0.241 e. The van der Waals surface area contributed by atoms with Crippen molar-refractivity contribution in [2.45, 2.75) is 32.6 Å². The zero-order chi connectivity index (χ0) is 23.9. The summed E-state index contributed by atoms with van der Waals surface area (Å²) in [4.78, 5) is 8.82. The second kappa shape index (κ2) is 10.8. The van der Waals surface area contributed by atoms with Crippen molar-refractivity contribution in [3.05, 3.63) is 119 Å². The SMILES string of the molecule is C/C=C/CCc1cnc(CCc2ccc(C#Cc3ccc4c(F)c(F)ccc4c3)c(F)c2)nc1. The van der Waals surface area contributed by atoms with Crippen LogP contribution >= 0.6 is 0 Å². The summed E-state index contributed by atoms with van der Waals surface area (Å²) in [5.41, 5.74) is 2.80. The molecule has 0 atom stereocenters. The standard InChI is InChI=1S/C29H23F3N2/c1-2-3-4-5-22-18-33-28(34-19-22)15-9-21-7-11-23(27(31)17-21)10-6-20-8-13-25-24(16-20)12-14-26(30)29(25)32/h2-3,7-8,11-14,16-19H,4-5,9,15H2,1H3/b3-2+. The van der Waals surface area contributed by atoms with E-state index >= 15 is 0 Å². The van der Waals surface area contributed by atoms with Crippen LogP contribution in [0.3, 0.4) is 0 Å². The smallest absolute Gasteiger partial charge is 0.166 e. The third-order valence-electron chi connectivity index (χ3n) is 5.51. The number of hydrogen-bond donors (Lipinski definition) is 0. The molecule has 0 radical (unpaired) electrons. The van der Waals surface area contributed by atoms with Crippen molar-refractivity contribution in [1.82, 2.24) is 9.97 Å². The number of nitrogens with zero attached hydrogens (tertiary/aromatic N) is 2. The maximum Gasteiger partial charge on any atom is 0.166 e. The Hall–Kier alpha value is -3.91. The first-order valence-corrected chi connectivity index (χ1v) is 11.1. The van der Waals surface area contributed by atoms with Crippen LogP contribution in [0.25, 0.3) is 10.8 Å². The summed E-state index contributed by atoms with van der Waals surface area (Å²) in [7, 11) is 0. The molecule has 34 heavy (non-hydrogen) atoms. The Kier molecular flexibility index (Phi) is 7.39. The molecule has 5 heteroatoms. The highest BCUT2D eigenvalue weighted by Crippen LogP contribution is 2.21. The number of aromatic nitrogens is 2. The van der Waals surface area contributed by atoms with Crippen LogP contribution < -0.4 is 0 Å². The Balaban J connectivity index is 1.40. The first-order valence-electron chi connectivity index (χ1n) is 11.1. The molecule has 1 heterocycles. The maximum atomic E-state index is 14.6. The number of halogens is 3. The second-order valence-electron chi connectivity index (χ2n) is 7.98. The summed E-state index contributed by atoms with van der Waals surface area (Å²) >= 11 is 0. The largest absolute Gasteiger partial charge is 0.241 e. The molecule has 0 unspecified atom stereocenters. The van der Waals surface area contributed by atoms with Crippen molar-refractivity contribution in [3.63, 3.8) is 0 Å². The van der Waals surface area contributed by atoms with Crippen molar-refractivity contribution < 1.29 is 13.2 Å². The van der Waals surface area contributed by atoms with Crippen molar-refractivity contribution in [2.24, 2.45) is 0 Å². The number of allylic oxidation sites excluding steroid dienone is 2. The lowest BCUT2D eigenvalue weighted by Crippen LogP contribution is -2.00. The molecule has 0 aliphatic heterocycles. The Morgan fingerprint density at radius 1 is 0.794 bits per heavy atom. The molecule has 0 amide bonds. The topological polar surface area (TPSA) is 25.8 Å². The lowest BCUT2D eigenvalue weighted by molar-refractivity contribution is 0.517. The summed E-state index contributed by atoms with van der Waals surface area (Å²) in [5, 5.41) is 0.725. The highest BCUT2D eigenvalue weighted by molar-refractivity contribution is 5.84. The van der Waals surface area contributed by atoms with Gasteiger partial charge in [-0.2, -0.15) is 0 Å². The minimum absolute atomic E-state index is 0.188. The molecule has 4 aromatic rings. The minimum atomic E-state index is -0.892. The monoisotopic (exact) mass is 456 g/mol. The van der Waals surface area contributed by atoms with Gasteiger partial charge in [0.15, 0.2) is 11.6 Å². The number of benzene rings is 3. The van der Waals surface area contributed by atoms with Crippen LogP contribution in [0.2, 0.25) is 0 Å². The van der Waals surface area contributed by atoms with Crippen LogP contribution in [0.15, 0.2) is 73.1 Å². The van der Waals surface area contributed by atoms with E-state index < -0.39 is 17.5 Å². The lowest BCUT2D eigenvalue weighted by Gasteiger charge is -2.04. The Morgan fingerprint density at radius 2 is 1.62 bits per heavy atom. The zero-order valence-corrected chi connectivity index (χ0v) is 18.8. The van der Waals surface area contributed by atoms with Crippen LogP contribution in [0.4, 0.5) is 13.2 Å². The van der Waals surface area contributed by atoms with Gasteiger partial charge in [0.2, 0.25) is 0 Å². The Bertz CT molecular complexity index is 1400. The predicted molar refractivity (Wildman–Crippen MR) is 129 cm³/mol. The van der Waals surface area contributed by atoms with E-state index in [0.29, 0.717) is 23.8 Å². The van der Waals surface area contributed by atoms with Gasteiger partial charge in [0, 0.05) is 29.8 Å². The molecule has 1 aromatic heterocycles. The van der Waals surface area contributed by atoms with Crippen LogP contribution in [0.1, 0.15) is 41.4 Å². The summed E-state index contributed by atoms with van der Waals surface area (Å²) in [6, 6.07) is 12.3. The van der Waals surface area contributed by atoms with Gasteiger partial charge in [-0.3, -0.25) is 0 Å². The van der Waals surface area contributed by atoms with Gasteiger partial charge in [-0.15, -0.1) is 0 Å². The van der Waals surface area contributed by atoms with Crippen LogP contribution in [-0.2, 0) is 19.3 Å². The third kappa shape index (κ3) is 5.71. The molecule has 3 aromatic carbocycles. The van der Waals surface area contributed by atoms with Gasteiger partial charge in [-0.1, -0.05) is 42.2 Å². The van der Waals surface area contributed by atoms with E-state index in [-0.39, 0.29) is 10.9 Å². The fourth-order valence-electron chi connectivity index (χ4n) is 3.61. The second-order valence-corrected chi connectivity index (χ2v) is 7.98. The molecule has 0 aliphatic rings. The third-order valence-corrected chi connectivity index (χ3v) is 5.51. The number of rotatable bonds is 6. The van der Waals surface area contributed by atoms with E-state index in [0.717, 1.165) is 35.9 Å². The molecule has 0 N–H and O–H groups in total. The van der Waals surface area contributed by atoms with Crippen molar-refractivity contribution in [3.8, 4) is 11.8 Å². The highest BCUT2D eigenvalue weighted by Gasteiger charge is 2.07. The van der Waals surface area contributed by atoms with Crippen molar-refractivity contribution in [2.75, 3.05) is 0 Å². The van der Waals surface area contributed by atoms with Gasteiger partial charge in [-0.25, -0.2) is 23.1 Å². The molecule has 170 valence electrons. The summed E-state index contributed by atoms with van der Waals surface area (Å²) < 4.78 is 41.8. The van der Waals surface area contributed by atoms with Gasteiger partial charge in [0.1, 0.15) is 11.6 Å². The zero-order valence-electron chi connectivity index (χ0n) is 18.8. The molecule has 4 rings (SSSR count). The van der Waals surface area contributed by atoms with E-state index in [4.69, 9.17) is 0 Å². The van der Waals surface area contributed by atoms with E-state index in [1.165, 1.54) is 18.2 Å². The number of fused-ring (bicyclic) bond motifs is 1. The van der Waals surface area contributed by atoms with Crippen LogP contribution in [0.5, 0.6) is 0 Å². The van der Waals surface area contributed by atoms with E-state index in [1.54, 1.807) is 18.2 Å². The van der Waals surface area contributed by atoms with Crippen molar-refractivity contribution >= 4 is 10.8 Å². The van der Waals surface area contributed by atoms with Gasteiger partial charge in [0.25, 0.3) is 0 Å². The fourth-order valence-corrected chi connectivity index (χ4v) is 3.61. The summed E-state index contributed by atoms with van der Waals surface area (Å²) in [5.74, 6) is 4.27. The first kappa shape index (κ1) is 23.3. The van der Waals surface area contributed by atoms with E-state index in [9.17, 15) is 13.2 Å². The lowest BCUT2D eigenvalue weighted by atomic mass is 10.0. The summed E-state index contributed by atoms with van der Waals surface area (Å²) in [6.07, 6.45) is 11.0. The average molecular weight is 457 g/mol. The highest BCUT2D eigenvalue weighted by atomic mass is 19.2. The molecular formula is C29H23F3N2. The van der Waals surface area contributed by atoms with Crippen LogP contribution in [-0.4, -0.2) is 9.97 Å². The fraction of sp³-hybridized carbons (Fsp3) is 0.172. The first-order chi connectivity index (χ1) is 16.5. The molecular weight excluding hydrogens is 433 g/mol. The normalized spacial score (nSPS) is 11.1. The van der Waals surface area contributed by atoms with Gasteiger partial charge in [0.05, 0.1) is 5.56 Å². The molecule has 0 aliphatic carbocycles. The molecule has 0 saturated carbocycles. The average Bonchev–Trinajstić information content (AvgIpc) is 2.85. The number of aryl methyl sites for hydroxylation is 3. The Morgan fingerprint density at radius 3 is 2.38 bits per heavy atom. The predicted octanol–water partition coefficient (Wildman–Crippen LogP) is 6.74. The molecule has 0 fully saturated rings. The molecule has 0 spiro atoms. The summed E-state index contributed by atoms with van der Waals surface area (Å²) in [6.45, 7) is 2.00. The van der Waals surface area contributed by atoms with Crippen molar-refractivity contribution in [1.29, 1.82) is 0 Å². The van der Waals surface area contributed by atoms with E-state index in [1.807, 2.05) is 31.5 Å². The van der Waals surface area contributed by atoms with E-state index in [2.05, 4.69) is 27.9 Å². The van der Waals surface area contributed by atoms with Gasteiger partial charge < -0.3 is 0 Å². The number of hydrogen-bond acceptors (Lipinski definition) is 2. The van der Waals surface area contributed by atoms with Gasteiger partial charge >= 0.3 is 0 Å². The molecule has 2 nitrogen and oxygen atoms in total. The van der Waals surface area contributed by atoms with Crippen LogP contribution in [0, 0.1) is 29.3 Å². The Labute approximate surface area is 197 Å². The quantitative estimate of drug-likeness (QED) is 0.237. The van der Waals surface area contributed by atoms with Gasteiger partial charge in [-0.05, 0) is 73.0 Å². The molecule has 0 bridgehead atoms.